The van der Waals surface area contributed by atoms with E-state index < -0.39 is 0 Å². The van der Waals surface area contributed by atoms with Crippen molar-refractivity contribution in [2.24, 2.45) is 0 Å². The molecule has 0 bridgehead atoms. The molecule has 4 nitrogen and oxygen atoms in total. The molecule has 300 valence electrons. The lowest BCUT2D eigenvalue weighted by molar-refractivity contribution is 0.669. The Morgan fingerprint density at radius 2 is 0.750 bits per heavy atom. The molecule has 64 heavy (non-hydrogen) atoms. The van der Waals surface area contributed by atoms with Crippen molar-refractivity contribution < 1.29 is 8.83 Å². The van der Waals surface area contributed by atoms with Crippen LogP contribution in [0.1, 0.15) is 0 Å². The zero-order chi connectivity index (χ0) is 42.4. The van der Waals surface area contributed by atoms with E-state index in [2.05, 4.69) is 210 Å². The Morgan fingerprint density at radius 1 is 0.312 bits per heavy atom. The molecule has 0 saturated carbocycles. The highest BCUT2D eigenvalue weighted by molar-refractivity contribution is 6.11. The Labute approximate surface area is 371 Å². The number of rotatable bonds is 9. The van der Waals surface area contributed by atoms with Crippen LogP contribution in [0.25, 0.3) is 77.3 Å². The lowest BCUT2D eigenvalue weighted by Gasteiger charge is -2.25. The molecule has 2 aromatic heterocycles. The van der Waals surface area contributed by atoms with Crippen molar-refractivity contribution in [3.8, 4) is 33.4 Å². The molecule has 0 spiro atoms. The normalized spacial score (nSPS) is 11.3. The van der Waals surface area contributed by atoms with Gasteiger partial charge in [0.2, 0.25) is 0 Å². The molecule has 0 N–H and O–H groups in total. The van der Waals surface area contributed by atoms with E-state index in [1.54, 1.807) is 0 Å². The van der Waals surface area contributed by atoms with Crippen molar-refractivity contribution in [2.45, 2.75) is 0 Å². The third kappa shape index (κ3) is 6.52. The molecule has 0 atom stereocenters. The summed E-state index contributed by atoms with van der Waals surface area (Å²) in [5.74, 6) is 0. The lowest BCUT2D eigenvalue weighted by Crippen LogP contribution is -2.10. The Kier molecular flexibility index (Phi) is 9.02. The topological polar surface area (TPSA) is 32.8 Å². The van der Waals surface area contributed by atoms with Crippen LogP contribution in [-0.4, -0.2) is 0 Å². The largest absolute Gasteiger partial charge is 0.454 e. The molecule has 12 rings (SSSR count). The van der Waals surface area contributed by atoms with Crippen molar-refractivity contribution >= 4 is 78.0 Å². The van der Waals surface area contributed by atoms with Crippen molar-refractivity contribution in [1.29, 1.82) is 0 Å². The van der Waals surface area contributed by atoms with Crippen LogP contribution in [0.15, 0.2) is 239 Å². The quantitative estimate of drug-likeness (QED) is 0.145. The van der Waals surface area contributed by atoms with Gasteiger partial charge in [0.25, 0.3) is 0 Å². The molecule has 0 aliphatic carbocycles. The predicted molar refractivity (Wildman–Crippen MR) is 264 cm³/mol. The summed E-state index contributed by atoms with van der Waals surface area (Å²) in [6.45, 7) is 0. The summed E-state index contributed by atoms with van der Waals surface area (Å²) >= 11 is 0. The zero-order valence-corrected chi connectivity index (χ0v) is 34.7. The molecule has 0 aliphatic rings. The summed E-state index contributed by atoms with van der Waals surface area (Å²) in [5.41, 5.74) is 16.2. The SMILES string of the molecule is c1cc2c(oc3ccccc32)c(N(c2ccccc2)c2ccc(-c3cccc(-c4cccc(-c5ccc(N(c6ccccc6)c6cccc7c6oc6ccccc67)cc5)c4)c3)cc2)c#1. The Bertz CT molecular complexity index is 3370. The number of furan rings is 2. The van der Waals surface area contributed by atoms with Crippen LogP contribution in [-0.2, 0) is 0 Å². The van der Waals surface area contributed by atoms with E-state index in [4.69, 9.17) is 8.83 Å². The van der Waals surface area contributed by atoms with Crippen molar-refractivity contribution in [1.82, 2.24) is 0 Å². The average molecular weight is 819 g/mol. The van der Waals surface area contributed by atoms with Gasteiger partial charge in [-0.3, -0.25) is 0 Å². The van der Waals surface area contributed by atoms with Crippen molar-refractivity contribution in [3.05, 3.63) is 243 Å². The molecular formula is C60H38N2O2. The second-order valence-corrected chi connectivity index (χ2v) is 16.0. The molecule has 0 aliphatic heterocycles. The minimum Gasteiger partial charge on any atom is -0.454 e. The number of benzene rings is 9. The smallest absolute Gasteiger partial charge is 0.168 e. The number of nitrogens with zero attached hydrogens (tertiary/aromatic N) is 2. The third-order valence-electron chi connectivity index (χ3n) is 12.1. The van der Waals surface area contributed by atoms with Gasteiger partial charge in [-0.05, 0) is 118 Å². The summed E-state index contributed by atoms with van der Waals surface area (Å²) in [4.78, 5) is 4.47. The van der Waals surface area contributed by atoms with E-state index in [1.165, 1.54) is 0 Å². The van der Waals surface area contributed by atoms with E-state index in [0.29, 0.717) is 0 Å². The van der Waals surface area contributed by atoms with E-state index in [9.17, 15) is 0 Å². The van der Waals surface area contributed by atoms with E-state index in [0.717, 1.165) is 111 Å². The highest BCUT2D eigenvalue weighted by Gasteiger charge is 2.21. The maximum Gasteiger partial charge on any atom is 0.168 e. The molecule has 2 heterocycles. The zero-order valence-electron chi connectivity index (χ0n) is 34.7. The van der Waals surface area contributed by atoms with Gasteiger partial charge < -0.3 is 18.6 Å². The lowest BCUT2D eigenvalue weighted by atomic mass is 9.96. The Morgan fingerprint density at radius 3 is 1.34 bits per heavy atom. The minimum atomic E-state index is 0.782. The first-order valence-electron chi connectivity index (χ1n) is 21.5. The number of fused-ring (bicyclic) bond motifs is 6. The van der Waals surface area contributed by atoms with Gasteiger partial charge >= 0.3 is 0 Å². The van der Waals surface area contributed by atoms with Crippen molar-refractivity contribution in [2.75, 3.05) is 9.80 Å². The fourth-order valence-corrected chi connectivity index (χ4v) is 9.03. The molecule has 4 heteroatoms. The van der Waals surface area contributed by atoms with Crippen LogP contribution in [0.5, 0.6) is 0 Å². The van der Waals surface area contributed by atoms with Crippen molar-refractivity contribution in [3.63, 3.8) is 0 Å². The van der Waals surface area contributed by atoms with Crippen LogP contribution in [0, 0.1) is 12.1 Å². The molecule has 0 amide bonds. The predicted octanol–water partition coefficient (Wildman–Crippen LogP) is 17.0. The third-order valence-corrected chi connectivity index (χ3v) is 12.1. The second kappa shape index (κ2) is 15.6. The van der Waals surface area contributed by atoms with Crippen LogP contribution < -0.4 is 9.80 Å². The number of hydrogen-bond acceptors (Lipinski definition) is 4. The Balaban J connectivity index is 0.850. The fourth-order valence-electron chi connectivity index (χ4n) is 9.03. The minimum absolute atomic E-state index is 0.782. The van der Waals surface area contributed by atoms with Crippen LogP contribution in [0.4, 0.5) is 34.1 Å². The molecule has 0 unspecified atom stereocenters. The van der Waals surface area contributed by atoms with Crippen LogP contribution in [0.2, 0.25) is 0 Å². The molecule has 0 fully saturated rings. The summed E-state index contributed by atoms with van der Waals surface area (Å²) < 4.78 is 13.0. The number of hydrogen-bond donors (Lipinski definition) is 0. The summed E-state index contributed by atoms with van der Waals surface area (Å²) in [5, 5.41) is 4.30. The summed E-state index contributed by atoms with van der Waals surface area (Å²) in [6, 6.07) is 87.4. The van der Waals surface area contributed by atoms with Crippen LogP contribution >= 0.6 is 0 Å². The van der Waals surface area contributed by atoms with E-state index in [1.807, 2.05) is 42.5 Å². The Hall–Kier alpha value is -8.78. The van der Waals surface area contributed by atoms with Gasteiger partial charge in [0.15, 0.2) is 11.2 Å². The van der Waals surface area contributed by atoms with E-state index in [-0.39, 0.29) is 0 Å². The average Bonchev–Trinajstić information content (AvgIpc) is 3.95. The van der Waals surface area contributed by atoms with Gasteiger partial charge in [-0.25, -0.2) is 0 Å². The first-order chi connectivity index (χ1) is 31.7. The highest BCUT2D eigenvalue weighted by Crippen LogP contribution is 2.44. The van der Waals surface area contributed by atoms with Gasteiger partial charge in [0.1, 0.15) is 16.9 Å². The van der Waals surface area contributed by atoms with Gasteiger partial charge in [0.05, 0.1) is 5.69 Å². The van der Waals surface area contributed by atoms with Gasteiger partial charge in [-0.15, -0.1) is 0 Å². The maximum atomic E-state index is 6.51. The summed E-state index contributed by atoms with van der Waals surface area (Å²) in [7, 11) is 0. The fraction of sp³-hybridized carbons (Fsp3) is 0. The molecular weight excluding hydrogens is 781 g/mol. The van der Waals surface area contributed by atoms with Gasteiger partial charge in [-0.2, -0.15) is 0 Å². The first kappa shape index (κ1) is 37.0. The number of anilines is 6. The standard InChI is InChI=1S/C60H38N2O2/c1-3-19-47(20-4-1)61(55-27-13-25-53-51-23-7-9-29-57(51)63-59(53)55)49-35-31-41(32-36-49)43-15-11-17-45(39-43)46-18-12-16-44(40-46)42-33-37-50(38-34-42)62(48-21-5-2-6-22-48)56-28-14-26-54-52-24-8-10-30-58(52)64-60(54)56/h1-13,15-27,29-40H. The second-order valence-electron chi connectivity index (χ2n) is 16.0. The van der Waals surface area contributed by atoms with Gasteiger partial charge in [-0.1, -0.05) is 152 Å². The van der Waals surface area contributed by atoms with E-state index >= 15 is 0 Å². The monoisotopic (exact) mass is 818 g/mol. The molecule has 12 aromatic rings. The first-order valence-corrected chi connectivity index (χ1v) is 21.5. The highest BCUT2D eigenvalue weighted by atomic mass is 16.3. The van der Waals surface area contributed by atoms with Gasteiger partial charge in [0, 0.05) is 50.4 Å². The molecule has 10 aromatic carbocycles. The maximum absolute atomic E-state index is 6.51. The molecule has 0 radical (unpaired) electrons. The molecule has 0 saturated heterocycles. The van der Waals surface area contributed by atoms with Crippen LogP contribution in [0.3, 0.4) is 0 Å². The number of para-hydroxylation sites is 5. The summed E-state index contributed by atoms with van der Waals surface area (Å²) in [6.07, 6.45) is 0.